The summed E-state index contributed by atoms with van der Waals surface area (Å²) in [6, 6.07) is 7.26. The maximum atomic E-state index is 12.6. The van der Waals surface area contributed by atoms with Crippen LogP contribution in [0.2, 0.25) is 0 Å². The van der Waals surface area contributed by atoms with Gasteiger partial charge in [-0.15, -0.1) is 0 Å². The average molecular weight is 450 g/mol. The molecule has 0 spiro atoms. The number of aromatic amines is 1. The molecule has 3 heterocycles. The summed E-state index contributed by atoms with van der Waals surface area (Å²) in [4.78, 5) is 42.7. The van der Waals surface area contributed by atoms with Gasteiger partial charge in [0, 0.05) is 48.9 Å². The quantitative estimate of drug-likeness (QED) is 0.536. The third-order valence-corrected chi connectivity index (χ3v) is 6.41. The van der Waals surface area contributed by atoms with Crippen LogP contribution in [0.5, 0.6) is 5.75 Å². The molecule has 4 N–H and O–H groups in total. The number of nitrogens with zero attached hydrogens (tertiary/aromatic N) is 1. The maximum absolute atomic E-state index is 12.6. The van der Waals surface area contributed by atoms with Crippen molar-refractivity contribution in [3.8, 4) is 17.0 Å². The topological polar surface area (TPSA) is 116 Å². The molecule has 1 aromatic heterocycles. The first-order chi connectivity index (χ1) is 16.0. The largest absolute Gasteiger partial charge is 0.496 e. The molecule has 2 aromatic rings. The Hall–Kier alpha value is -3.75. The molecule has 9 heteroatoms. The van der Waals surface area contributed by atoms with E-state index < -0.39 is 6.17 Å². The molecule has 0 bridgehead atoms. The van der Waals surface area contributed by atoms with Crippen molar-refractivity contribution in [3.63, 3.8) is 0 Å². The number of benzene rings is 1. The van der Waals surface area contributed by atoms with Gasteiger partial charge in [-0.1, -0.05) is 0 Å². The summed E-state index contributed by atoms with van der Waals surface area (Å²) in [5.74, 6) is 0.373. The Morgan fingerprint density at radius 3 is 2.55 bits per heavy atom. The minimum Gasteiger partial charge on any atom is -0.496 e. The molecule has 1 aliphatic carbocycles. The van der Waals surface area contributed by atoms with Gasteiger partial charge in [-0.3, -0.25) is 14.4 Å². The lowest BCUT2D eigenvalue weighted by molar-refractivity contribution is -0.123. The van der Waals surface area contributed by atoms with E-state index in [1.54, 1.807) is 37.4 Å². The average Bonchev–Trinajstić information content (AvgIpc) is 3.55. The number of hydrogen-bond donors (Lipinski definition) is 4. The van der Waals surface area contributed by atoms with E-state index in [4.69, 9.17) is 4.74 Å². The molecule has 2 fully saturated rings. The fraction of sp³-hybridized carbons (Fsp3) is 0.375. The lowest BCUT2D eigenvalue weighted by Gasteiger charge is -2.31. The summed E-state index contributed by atoms with van der Waals surface area (Å²) >= 11 is 0. The van der Waals surface area contributed by atoms with Crippen molar-refractivity contribution >= 4 is 23.3 Å². The van der Waals surface area contributed by atoms with Gasteiger partial charge in [-0.05, 0) is 43.5 Å². The van der Waals surface area contributed by atoms with Gasteiger partial charge in [0.15, 0.2) is 0 Å². The fourth-order valence-electron chi connectivity index (χ4n) is 4.18. The van der Waals surface area contributed by atoms with Crippen molar-refractivity contribution in [1.82, 2.24) is 25.8 Å². The van der Waals surface area contributed by atoms with E-state index in [1.165, 1.54) is 0 Å². The standard InChI is InChI=1S/C24H27N5O4/c1-25-23(31)17-12-26-21(28-22(30)13-4-5-13)20-16(17)11-18(27-20)15-7-6-14(10-19(15)33-2)24(32)29-8-3-9-29/h6-7,10-13,21,26-27H,3-5,8-9H2,1-2H3,(H,25,31)(H,28,30). The highest BCUT2D eigenvalue weighted by atomic mass is 16.5. The Bertz CT molecular complexity index is 1160. The number of carbonyl (C=O) groups excluding carboxylic acids is 3. The second-order valence-corrected chi connectivity index (χ2v) is 8.59. The van der Waals surface area contributed by atoms with Gasteiger partial charge in [0.1, 0.15) is 11.9 Å². The summed E-state index contributed by atoms with van der Waals surface area (Å²) in [7, 11) is 3.14. The SMILES string of the molecule is CNC(=O)C1=CNC(NC(=O)C2CC2)c2[nH]c(-c3ccc(C(=O)N4CCC4)cc3OC)cc21. The first kappa shape index (κ1) is 21.1. The molecule has 33 heavy (non-hydrogen) atoms. The zero-order valence-electron chi connectivity index (χ0n) is 18.7. The van der Waals surface area contributed by atoms with Gasteiger partial charge in [0.25, 0.3) is 11.8 Å². The van der Waals surface area contributed by atoms with Gasteiger partial charge < -0.3 is 30.6 Å². The number of ether oxygens (including phenoxy) is 1. The van der Waals surface area contributed by atoms with Crippen molar-refractivity contribution in [3.05, 3.63) is 47.3 Å². The monoisotopic (exact) mass is 449 g/mol. The Balaban J connectivity index is 1.51. The number of carbonyl (C=O) groups is 3. The van der Waals surface area contributed by atoms with Gasteiger partial charge in [0.05, 0.1) is 24.1 Å². The van der Waals surface area contributed by atoms with Crippen LogP contribution >= 0.6 is 0 Å². The van der Waals surface area contributed by atoms with E-state index in [-0.39, 0.29) is 23.6 Å². The number of likely N-dealkylation sites (N-methyl/N-ethyl adjacent to an activating group) is 1. The first-order valence-electron chi connectivity index (χ1n) is 11.2. The van der Waals surface area contributed by atoms with Crippen LogP contribution in [0.1, 0.15) is 47.0 Å². The molecule has 1 unspecified atom stereocenters. The van der Waals surface area contributed by atoms with Crippen LogP contribution in [0.4, 0.5) is 0 Å². The lowest BCUT2D eigenvalue weighted by atomic mass is 10.0. The summed E-state index contributed by atoms with van der Waals surface area (Å²) in [5, 5.41) is 8.80. The molecule has 1 saturated carbocycles. The van der Waals surface area contributed by atoms with Crippen LogP contribution in [-0.4, -0.2) is 54.9 Å². The van der Waals surface area contributed by atoms with Gasteiger partial charge in [-0.2, -0.15) is 0 Å². The molecular formula is C24H27N5O4. The maximum Gasteiger partial charge on any atom is 0.253 e. The lowest BCUT2D eigenvalue weighted by Crippen LogP contribution is -2.42. The Morgan fingerprint density at radius 1 is 1.12 bits per heavy atom. The predicted octanol–water partition coefficient (Wildman–Crippen LogP) is 1.75. The minimum atomic E-state index is -0.478. The van der Waals surface area contributed by atoms with Crippen molar-refractivity contribution in [1.29, 1.82) is 0 Å². The van der Waals surface area contributed by atoms with Crippen LogP contribution in [0.25, 0.3) is 16.8 Å². The number of likely N-dealkylation sites (tertiary alicyclic amines) is 1. The van der Waals surface area contributed by atoms with Crippen molar-refractivity contribution in [2.24, 2.45) is 5.92 Å². The summed E-state index contributed by atoms with van der Waals surface area (Å²) in [6.45, 7) is 1.56. The van der Waals surface area contributed by atoms with Crippen LogP contribution in [-0.2, 0) is 9.59 Å². The van der Waals surface area contributed by atoms with Crippen molar-refractivity contribution in [2.75, 3.05) is 27.2 Å². The molecular weight excluding hydrogens is 422 g/mol. The van der Waals surface area contributed by atoms with Crippen LogP contribution in [0.15, 0.2) is 30.5 Å². The van der Waals surface area contributed by atoms with Gasteiger partial charge >= 0.3 is 0 Å². The molecule has 3 amide bonds. The summed E-state index contributed by atoms with van der Waals surface area (Å²) in [5.41, 5.74) is 3.93. The molecule has 0 radical (unpaired) electrons. The highest BCUT2D eigenvalue weighted by molar-refractivity contribution is 6.20. The van der Waals surface area contributed by atoms with Gasteiger partial charge in [0.2, 0.25) is 5.91 Å². The second kappa shape index (κ2) is 8.31. The zero-order valence-corrected chi connectivity index (χ0v) is 18.7. The predicted molar refractivity (Wildman–Crippen MR) is 122 cm³/mol. The van der Waals surface area contributed by atoms with Crippen molar-refractivity contribution < 1.29 is 19.1 Å². The van der Waals surface area contributed by atoms with Crippen LogP contribution in [0, 0.1) is 5.92 Å². The molecule has 5 rings (SSSR count). The van der Waals surface area contributed by atoms with Crippen LogP contribution in [0.3, 0.4) is 0 Å². The molecule has 2 aliphatic heterocycles. The molecule has 172 valence electrons. The minimum absolute atomic E-state index is 0.00201. The number of amides is 3. The number of fused-ring (bicyclic) bond motifs is 1. The highest BCUT2D eigenvalue weighted by Crippen LogP contribution is 2.37. The van der Waals surface area contributed by atoms with Crippen molar-refractivity contribution in [2.45, 2.75) is 25.4 Å². The van der Waals surface area contributed by atoms with E-state index in [2.05, 4.69) is 20.9 Å². The Morgan fingerprint density at radius 2 is 1.91 bits per heavy atom. The molecule has 1 saturated heterocycles. The number of H-pyrrole nitrogens is 1. The van der Waals surface area contributed by atoms with E-state index in [1.807, 2.05) is 12.1 Å². The number of nitrogens with one attached hydrogen (secondary N) is 4. The normalized spacial score (nSPS) is 18.9. The summed E-state index contributed by atoms with van der Waals surface area (Å²) < 4.78 is 5.61. The van der Waals surface area contributed by atoms with E-state index in [0.29, 0.717) is 28.1 Å². The number of methoxy groups -OCH3 is 1. The second-order valence-electron chi connectivity index (χ2n) is 8.59. The molecule has 9 nitrogen and oxygen atoms in total. The van der Waals surface area contributed by atoms with E-state index in [9.17, 15) is 14.4 Å². The fourth-order valence-corrected chi connectivity index (χ4v) is 4.18. The molecule has 1 aromatic carbocycles. The van der Waals surface area contributed by atoms with Gasteiger partial charge in [-0.25, -0.2) is 0 Å². The number of rotatable bonds is 6. The molecule has 1 atom stereocenters. The smallest absolute Gasteiger partial charge is 0.253 e. The number of hydrogen-bond acceptors (Lipinski definition) is 5. The number of aromatic nitrogens is 1. The third kappa shape index (κ3) is 3.83. The zero-order chi connectivity index (χ0) is 23.1. The van der Waals surface area contributed by atoms with E-state index >= 15 is 0 Å². The summed E-state index contributed by atoms with van der Waals surface area (Å²) in [6.07, 6.45) is 3.99. The first-order valence-corrected chi connectivity index (χ1v) is 11.2. The highest BCUT2D eigenvalue weighted by Gasteiger charge is 2.34. The third-order valence-electron chi connectivity index (χ3n) is 6.41. The van der Waals surface area contributed by atoms with Crippen LogP contribution < -0.4 is 20.7 Å². The van der Waals surface area contributed by atoms with E-state index in [0.717, 1.165) is 43.6 Å². The Labute approximate surface area is 191 Å². The molecule has 3 aliphatic rings. The Kier molecular flexibility index (Phi) is 5.32.